The van der Waals surface area contributed by atoms with Crippen molar-refractivity contribution in [1.29, 1.82) is 0 Å². The van der Waals surface area contributed by atoms with Crippen molar-refractivity contribution in [3.8, 4) is 11.1 Å². The van der Waals surface area contributed by atoms with Crippen LogP contribution < -0.4 is 10.8 Å². The quantitative estimate of drug-likeness (QED) is 0.659. The number of hydrogen-bond acceptors (Lipinski definition) is 3. The fourth-order valence-corrected chi connectivity index (χ4v) is 3.71. The molecule has 3 aromatic rings. The van der Waals surface area contributed by atoms with Crippen LogP contribution in [0.5, 0.6) is 0 Å². The summed E-state index contributed by atoms with van der Waals surface area (Å²) in [4.78, 5) is 32.1. The minimum atomic E-state index is -0.228. The number of likely N-dealkylation sites (tertiary alicyclic amines) is 1. The lowest BCUT2D eigenvalue weighted by Gasteiger charge is -2.17. The summed E-state index contributed by atoms with van der Waals surface area (Å²) >= 11 is 0. The van der Waals surface area contributed by atoms with E-state index < -0.39 is 0 Å². The van der Waals surface area contributed by atoms with E-state index >= 15 is 0 Å². The normalized spacial score (nSPS) is 13.3. The Morgan fingerprint density at radius 2 is 1.68 bits per heavy atom. The summed E-state index contributed by atoms with van der Waals surface area (Å²) in [5, 5.41) is 2.93. The van der Waals surface area contributed by atoms with Gasteiger partial charge >= 0.3 is 0 Å². The van der Waals surface area contributed by atoms with Crippen LogP contribution in [-0.4, -0.2) is 42.6 Å². The highest BCUT2D eigenvalue weighted by Gasteiger charge is 2.21. The van der Waals surface area contributed by atoms with E-state index in [2.05, 4.69) is 10.3 Å². The highest BCUT2D eigenvalue weighted by molar-refractivity contribution is 6.32. The topological polar surface area (TPSA) is 62.3 Å². The summed E-state index contributed by atoms with van der Waals surface area (Å²) in [6.07, 6.45) is 3.78. The molecule has 31 heavy (non-hydrogen) atoms. The van der Waals surface area contributed by atoms with Gasteiger partial charge in [-0.15, -0.1) is 0 Å². The predicted octanol–water partition coefficient (Wildman–Crippen LogP) is 3.02. The standard InChI is InChI=1S/C25H24BN3O2/c1-17-4-5-18(15-27-17)16-28-24(30)21-12-20(19-6-8-23(26)9-7-19)13-22(14-21)25(31)29-10-2-3-11-29/h4-9,12-15H,2-3,10-11,16H2,1H3,(H,28,30). The Balaban J connectivity index is 1.63. The average molecular weight is 409 g/mol. The Kier molecular flexibility index (Phi) is 6.17. The van der Waals surface area contributed by atoms with Crippen molar-refractivity contribution in [2.45, 2.75) is 26.3 Å². The number of carbonyl (C=O) groups is 2. The lowest BCUT2D eigenvalue weighted by molar-refractivity contribution is 0.0793. The number of hydrogen-bond donors (Lipinski definition) is 1. The lowest BCUT2D eigenvalue weighted by atomic mass is 9.92. The molecular weight excluding hydrogens is 385 g/mol. The minimum absolute atomic E-state index is 0.0356. The number of amides is 2. The summed E-state index contributed by atoms with van der Waals surface area (Å²) in [5.41, 5.74) is 5.21. The third kappa shape index (κ3) is 5.02. The molecule has 6 heteroatoms. The van der Waals surface area contributed by atoms with Crippen molar-refractivity contribution in [1.82, 2.24) is 15.2 Å². The van der Waals surface area contributed by atoms with E-state index in [0.29, 0.717) is 23.1 Å². The van der Waals surface area contributed by atoms with Crippen molar-refractivity contribution in [3.05, 3.63) is 83.2 Å². The third-order valence-corrected chi connectivity index (χ3v) is 5.51. The zero-order valence-electron chi connectivity index (χ0n) is 17.6. The molecular formula is C25H24BN3O2. The number of aryl methyl sites for hydroxylation is 1. The fourth-order valence-electron chi connectivity index (χ4n) is 3.71. The summed E-state index contributed by atoms with van der Waals surface area (Å²) in [6, 6.07) is 16.6. The van der Waals surface area contributed by atoms with Gasteiger partial charge in [0.2, 0.25) is 0 Å². The van der Waals surface area contributed by atoms with Gasteiger partial charge in [-0.25, -0.2) is 0 Å². The van der Waals surface area contributed by atoms with Crippen LogP contribution in [0, 0.1) is 6.92 Å². The molecule has 1 fully saturated rings. The van der Waals surface area contributed by atoms with Crippen molar-refractivity contribution in [3.63, 3.8) is 0 Å². The number of nitrogens with one attached hydrogen (secondary N) is 1. The van der Waals surface area contributed by atoms with Gasteiger partial charge in [-0.05, 0) is 60.7 Å². The Labute approximate surface area is 183 Å². The first-order valence-corrected chi connectivity index (χ1v) is 10.5. The van der Waals surface area contributed by atoms with Crippen LogP contribution >= 0.6 is 0 Å². The van der Waals surface area contributed by atoms with Gasteiger partial charge in [0.15, 0.2) is 0 Å². The molecule has 1 N–H and O–H groups in total. The molecule has 0 spiro atoms. The molecule has 5 nitrogen and oxygen atoms in total. The number of carbonyl (C=O) groups excluding carboxylic acids is 2. The second kappa shape index (κ2) is 9.17. The van der Waals surface area contributed by atoms with Gasteiger partial charge in [0.05, 0.1) is 0 Å². The summed E-state index contributed by atoms with van der Waals surface area (Å²) in [7, 11) is 5.82. The number of nitrogens with zero attached hydrogens (tertiary/aromatic N) is 2. The largest absolute Gasteiger partial charge is 0.348 e. The minimum Gasteiger partial charge on any atom is -0.348 e. The second-order valence-electron chi connectivity index (χ2n) is 7.91. The van der Waals surface area contributed by atoms with E-state index in [1.54, 1.807) is 12.3 Å². The first-order valence-electron chi connectivity index (χ1n) is 10.5. The Hall–Kier alpha value is -3.41. The predicted molar refractivity (Wildman–Crippen MR) is 123 cm³/mol. The molecule has 0 unspecified atom stereocenters. The summed E-state index contributed by atoms with van der Waals surface area (Å²) < 4.78 is 0. The Bertz CT molecular complexity index is 1090. The van der Waals surface area contributed by atoms with Gasteiger partial charge < -0.3 is 10.2 Å². The zero-order valence-corrected chi connectivity index (χ0v) is 17.6. The van der Waals surface area contributed by atoms with Crippen LogP contribution in [0.4, 0.5) is 0 Å². The third-order valence-electron chi connectivity index (χ3n) is 5.51. The molecule has 0 atom stereocenters. The van der Waals surface area contributed by atoms with Crippen LogP contribution in [0.15, 0.2) is 60.8 Å². The molecule has 154 valence electrons. The molecule has 0 bridgehead atoms. The van der Waals surface area contributed by atoms with Crippen LogP contribution in [-0.2, 0) is 6.54 Å². The molecule has 1 aliphatic rings. The van der Waals surface area contributed by atoms with Gasteiger partial charge in [-0.3, -0.25) is 14.6 Å². The van der Waals surface area contributed by atoms with E-state index in [1.165, 1.54) is 0 Å². The number of aromatic nitrogens is 1. The monoisotopic (exact) mass is 409 g/mol. The molecule has 2 radical (unpaired) electrons. The molecule has 1 saturated heterocycles. The molecule has 2 heterocycles. The van der Waals surface area contributed by atoms with Gasteiger partial charge in [0, 0.05) is 42.7 Å². The van der Waals surface area contributed by atoms with Crippen LogP contribution in [0.1, 0.15) is 44.8 Å². The summed E-state index contributed by atoms with van der Waals surface area (Å²) in [5.74, 6) is -0.264. The molecule has 2 amide bonds. The Morgan fingerprint density at radius 1 is 0.968 bits per heavy atom. The maximum absolute atomic E-state index is 13.0. The van der Waals surface area contributed by atoms with E-state index in [9.17, 15) is 9.59 Å². The first kappa shape index (κ1) is 20.9. The Morgan fingerprint density at radius 3 is 2.35 bits per heavy atom. The van der Waals surface area contributed by atoms with Crippen molar-refractivity contribution in [2.75, 3.05) is 13.1 Å². The van der Waals surface area contributed by atoms with Gasteiger partial charge in [-0.1, -0.05) is 35.8 Å². The molecule has 0 aliphatic carbocycles. The lowest BCUT2D eigenvalue weighted by Crippen LogP contribution is -2.28. The molecule has 0 saturated carbocycles. The first-order chi connectivity index (χ1) is 15.0. The summed E-state index contributed by atoms with van der Waals surface area (Å²) in [6.45, 7) is 3.80. The highest BCUT2D eigenvalue weighted by atomic mass is 16.2. The van der Waals surface area contributed by atoms with E-state index in [-0.39, 0.29) is 11.8 Å². The van der Waals surface area contributed by atoms with Crippen molar-refractivity contribution < 1.29 is 9.59 Å². The van der Waals surface area contributed by atoms with E-state index in [1.807, 2.05) is 60.4 Å². The van der Waals surface area contributed by atoms with Crippen molar-refractivity contribution >= 4 is 25.1 Å². The van der Waals surface area contributed by atoms with Crippen molar-refractivity contribution in [2.24, 2.45) is 0 Å². The molecule has 1 aliphatic heterocycles. The number of benzene rings is 2. The zero-order chi connectivity index (χ0) is 21.8. The smallest absolute Gasteiger partial charge is 0.253 e. The number of pyridine rings is 1. The highest BCUT2D eigenvalue weighted by Crippen LogP contribution is 2.24. The van der Waals surface area contributed by atoms with Gasteiger partial charge in [-0.2, -0.15) is 0 Å². The number of rotatable bonds is 5. The van der Waals surface area contributed by atoms with E-state index in [0.717, 1.165) is 48.3 Å². The van der Waals surface area contributed by atoms with Crippen LogP contribution in [0.25, 0.3) is 11.1 Å². The molecule has 4 rings (SSSR count). The average Bonchev–Trinajstić information content (AvgIpc) is 3.33. The van der Waals surface area contributed by atoms with E-state index in [4.69, 9.17) is 7.85 Å². The van der Waals surface area contributed by atoms with Gasteiger partial charge in [0.1, 0.15) is 7.85 Å². The molecule has 2 aromatic carbocycles. The SMILES string of the molecule is [B]c1ccc(-c2cc(C(=O)NCc3ccc(C)nc3)cc(C(=O)N3CCCC3)c2)cc1. The fraction of sp³-hybridized carbons (Fsp3) is 0.240. The maximum atomic E-state index is 13.0. The second-order valence-corrected chi connectivity index (χ2v) is 7.91. The van der Waals surface area contributed by atoms with Crippen LogP contribution in [0.2, 0.25) is 0 Å². The van der Waals surface area contributed by atoms with Gasteiger partial charge in [0.25, 0.3) is 11.8 Å². The van der Waals surface area contributed by atoms with Crippen LogP contribution in [0.3, 0.4) is 0 Å². The molecule has 1 aromatic heterocycles. The maximum Gasteiger partial charge on any atom is 0.253 e.